The van der Waals surface area contributed by atoms with Crippen molar-refractivity contribution in [3.63, 3.8) is 0 Å². The SMILES string of the molecule is Cc1cc2nc(Cc3nc4c(c(C5CC5)nn4C4CC(C)NC(C)C4)c(=O)[nH]3)[nH]c2cc1C. The van der Waals surface area contributed by atoms with Gasteiger partial charge in [0.2, 0.25) is 0 Å². The van der Waals surface area contributed by atoms with Gasteiger partial charge in [0.1, 0.15) is 17.0 Å². The third-order valence-corrected chi connectivity index (χ3v) is 7.25. The second kappa shape index (κ2) is 7.52. The fraction of sp³-hybridized carbons (Fsp3) is 0.520. The zero-order valence-corrected chi connectivity index (χ0v) is 19.7. The zero-order chi connectivity index (χ0) is 22.9. The number of aryl methyl sites for hydroxylation is 2. The topological polar surface area (TPSA) is 104 Å². The van der Waals surface area contributed by atoms with E-state index in [2.05, 4.69) is 59.8 Å². The molecule has 4 heterocycles. The van der Waals surface area contributed by atoms with Crippen LogP contribution >= 0.6 is 0 Å². The number of imidazole rings is 1. The largest absolute Gasteiger partial charge is 0.342 e. The summed E-state index contributed by atoms with van der Waals surface area (Å²) in [5.41, 5.74) is 5.97. The molecule has 1 aromatic carbocycles. The second-order valence-electron chi connectivity index (χ2n) is 10.2. The van der Waals surface area contributed by atoms with Crippen molar-refractivity contribution in [3.05, 3.63) is 51.0 Å². The molecule has 2 fully saturated rings. The van der Waals surface area contributed by atoms with E-state index in [1.165, 1.54) is 11.1 Å². The highest BCUT2D eigenvalue weighted by atomic mass is 16.1. The van der Waals surface area contributed by atoms with Crippen LogP contribution in [0.2, 0.25) is 0 Å². The van der Waals surface area contributed by atoms with E-state index in [1.54, 1.807) is 0 Å². The van der Waals surface area contributed by atoms with Crippen molar-refractivity contribution in [1.82, 2.24) is 35.0 Å². The minimum Gasteiger partial charge on any atom is -0.342 e. The van der Waals surface area contributed by atoms with E-state index in [1.807, 2.05) is 0 Å². The molecule has 8 nitrogen and oxygen atoms in total. The molecule has 3 aromatic heterocycles. The van der Waals surface area contributed by atoms with Crippen LogP contribution in [0.4, 0.5) is 0 Å². The Balaban J connectivity index is 1.43. The Bertz CT molecular complexity index is 1380. The maximum atomic E-state index is 13.2. The fourth-order valence-electron chi connectivity index (χ4n) is 5.40. The van der Waals surface area contributed by atoms with Gasteiger partial charge >= 0.3 is 0 Å². The number of piperidine rings is 1. The molecule has 172 valence electrons. The summed E-state index contributed by atoms with van der Waals surface area (Å²) in [6, 6.07) is 5.28. The molecule has 2 unspecified atom stereocenters. The van der Waals surface area contributed by atoms with Crippen molar-refractivity contribution in [2.45, 2.75) is 83.8 Å². The van der Waals surface area contributed by atoms with E-state index in [4.69, 9.17) is 15.1 Å². The Morgan fingerprint density at radius 2 is 1.70 bits per heavy atom. The number of aromatic nitrogens is 6. The molecular weight excluding hydrogens is 414 g/mol. The summed E-state index contributed by atoms with van der Waals surface area (Å²) in [4.78, 5) is 29.4. The van der Waals surface area contributed by atoms with Gasteiger partial charge in [-0.05, 0) is 76.6 Å². The molecule has 6 rings (SSSR count). The molecule has 1 aliphatic heterocycles. The fourth-order valence-corrected chi connectivity index (χ4v) is 5.40. The Morgan fingerprint density at radius 3 is 2.42 bits per heavy atom. The molecule has 0 spiro atoms. The Kier molecular flexibility index (Phi) is 4.69. The Morgan fingerprint density at radius 1 is 1.00 bits per heavy atom. The number of hydrogen-bond acceptors (Lipinski definition) is 5. The number of H-pyrrole nitrogens is 2. The minimum absolute atomic E-state index is 0.0824. The number of benzene rings is 1. The van der Waals surface area contributed by atoms with Gasteiger partial charge in [0.15, 0.2) is 5.65 Å². The number of nitrogens with one attached hydrogen (secondary N) is 3. The number of fused-ring (bicyclic) bond motifs is 2. The molecule has 1 aliphatic carbocycles. The quantitative estimate of drug-likeness (QED) is 0.443. The summed E-state index contributed by atoms with van der Waals surface area (Å²) in [5.74, 6) is 1.81. The lowest BCUT2D eigenvalue weighted by atomic mass is 9.95. The maximum absolute atomic E-state index is 13.2. The molecule has 2 aliphatic rings. The van der Waals surface area contributed by atoms with Gasteiger partial charge in [0.25, 0.3) is 5.56 Å². The van der Waals surface area contributed by atoms with Crippen LogP contribution < -0.4 is 10.9 Å². The van der Waals surface area contributed by atoms with Crippen LogP contribution in [0.5, 0.6) is 0 Å². The molecule has 2 atom stereocenters. The van der Waals surface area contributed by atoms with Gasteiger partial charge in [-0.25, -0.2) is 14.6 Å². The Hall–Kier alpha value is -3.00. The average molecular weight is 446 g/mol. The summed E-state index contributed by atoms with van der Waals surface area (Å²) in [6.45, 7) is 8.63. The standard InChI is InChI=1S/C25H31N7O/c1-12-7-18-19(8-13(12)2)28-20(27-18)11-21-29-24-22(25(33)30-21)23(16-5-6-16)31-32(24)17-9-14(3)26-15(4)10-17/h7-8,14-17,26H,5-6,9-11H2,1-4H3,(H,27,28)(H,29,30,33). The van der Waals surface area contributed by atoms with Crippen LogP contribution in [0.1, 0.15) is 80.0 Å². The van der Waals surface area contributed by atoms with Crippen molar-refractivity contribution in [3.8, 4) is 0 Å². The third-order valence-electron chi connectivity index (χ3n) is 7.25. The monoisotopic (exact) mass is 445 g/mol. The van der Waals surface area contributed by atoms with Crippen molar-refractivity contribution < 1.29 is 0 Å². The van der Waals surface area contributed by atoms with Crippen molar-refractivity contribution >= 4 is 22.1 Å². The van der Waals surface area contributed by atoms with E-state index in [9.17, 15) is 4.79 Å². The highest BCUT2D eigenvalue weighted by Gasteiger charge is 2.34. The summed E-state index contributed by atoms with van der Waals surface area (Å²) >= 11 is 0. The first-order valence-corrected chi connectivity index (χ1v) is 12.1. The molecule has 1 saturated carbocycles. The molecule has 0 radical (unpaired) electrons. The van der Waals surface area contributed by atoms with Gasteiger partial charge in [-0.3, -0.25) is 4.79 Å². The van der Waals surface area contributed by atoms with Gasteiger partial charge in [0.05, 0.1) is 29.2 Å². The van der Waals surface area contributed by atoms with Gasteiger partial charge in [-0.2, -0.15) is 5.10 Å². The van der Waals surface area contributed by atoms with Crippen molar-refractivity contribution in [1.29, 1.82) is 0 Å². The van der Waals surface area contributed by atoms with Gasteiger partial charge in [-0.1, -0.05) is 0 Å². The van der Waals surface area contributed by atoms with Gasteiger partial charge < -0.3 is 15.3 Å². The van der Waals surface area contributed by atoms with Crippen molar-refractivity contribution in [2.75, 3.05) is 0 Å². The van der Waals surface area contributed by atoms with Crippen LogP contribution in [0.3, 0.4) is 0 Å². The van der Waals surface area contributed by atoms with Gasteiger partial charge in [0, 0.05) is 18.0 Å². The van der Waals surface area contributed by atoms with E-state index < -0.39 is 0 Å². The van der Waals surface area contributed by atoms with Crippen LogP contribution in [-0.2, 0) is 6.42 Å². The highest BCUT2D eigenvalue weighted by Crippen LogP contribution is 2.42. The molecule has 4 aromatic rings. The maximum Gasteiger partial charge on any atom is 0.262 e. The molecule has 0 bridgehead atoms. The zero-order valence-electron chi connectivity index (χ0n) is 19.7. The molecule has 0 amide bonds. The predicted octanol–water partition coefficient (Wildman–Crippen LogP) is 3.78. The molecule has 3 N–H and O–H groups in total. The number of aromatic amines is 2. The summed E-state index contributed by atoms with van der Waals surface area (Å²) < 4.78 is 2.06. The smallest absolute Gasteiger partial charge is 0.262 e. The number of nitrogens with zero attached hydrogens (tertiary/aromatic N) is 4. The molecule has 33 heavy (non-hydrogen) atoms. The lowest BCUT2D eigenvalue weighted by Gasteiger charge is -2.33. The first-order chi connectivity index (χ1) is 15.9. The number of rotatable bonds is 4. The van der Waals surface area contributed by atoms with E-state index >= 15 is 0 Å². The first-order valence-electron chi connectivity index (χ1n) is 12.1. The second-order valence-corrected chi connectivity index (χ2v) is 10.2. The highest BCUT2D eigenvalue weighted by molar-refractivity contribution is 5.79. The molecule has 8 heteroatoms. The van der Waals surface area contributed by atoms with Crippen LogP contribution in [0.25, 0.3) is 22.1 Å². The first kappa shape index (κ1) is 20.6. The van der Waals surface area contributed by atoms with Crippen LogP contribution in [0, 0.1) is 13.8 Å². The molecule has 1 saturated heterocycles. The van der Waals surface area contributed by atoms with Crippen LogP contribution in [0.15, 0.2) is 16.9 Å². The third kappa shape index (κ3) is 3.66. The van der Waals surface area contributed by atoms with E-state index in [0.717, 1.165) is 53.9 Å². The number of hydrogen-bond donors (Lipinski definition) is 3. The summed E-state index contributed by atoms with van der Waals surface area (Å²) in [7, 11) is 0. The predicted molar refractivity (Wildman–Crippen MR) is 129 cm³/mol. The lowest BCUT2D eigenvalue weighted by Crippen LogP contribution is -2.43. The summed E-state index contributed by atoms with van der Waals surface area (Å²) in [5, 5.41) is 9.27. The normalized spacial score (nSPS) is 23.6. The van der Waals surface area contributed by atoms with Gasteiger partial charge in [-0.15, -0.1) is 0 Å². The minimum atomic E-state index is -0.0824. The van der Waals surface area contributed by atoms with E-state index in [0.29, 0.717) is 35.6 Å². The van der Waals surface area contributed by atoms with Crippen molar-refractivity contribution in [2.24, 2.45) is 0 Å². The van der Waals surface area contributed by atoms with E-state index in [-0.39, 0.29) is 11.6 Å². The molecular formula is C25H31N7O. The summed E-state index contributed by atoms with van der Waals surface area (Å²) in [6.07, 6.45) is 4.61. The van der Waals surface area contributed by atoms with Crippen LogP contribution in [-0.4, -0.2) is 41.8 Å². The lowest BCUT2D eigenvalue weighted by molar-refractivity contribution is 0.253. The Labute approximate surface area is 192 Å². The average Bonchev–Trinajstić information content (AvgIpc) is 3.41.